The van der Waals surface area contributed by atoms with E-state index in [4.69, 9.17) is 5.11 Å². The monoisotopic (exact) mass is 272 g/mol. The van der Waals surface area contributed by atoms with Crippen LogP contribution in [0.15, 0.2) is 18.2 Å². The van der Waals surface area contributed by atoms with Crippen molar-refractivity contribution < 1.29 is 14.7 Å². The number of aliphatic carboxylic acids is 1. The largest absolute Gasteiger partial charge is 0.475 e. The van der Waals surface area contributed by atoms with E-state index < -0.39 is 11.8 Å². The van der Waals surface area contributed by atoms with Crippen molar-refractivity contribution in [1.29, 1.82) is 0 Å². The van der Waals surface area contributed by atoms with E-state index >= 15 is 0 Å². The number of carbonyl (C=O) groups excluding carboxylic acids is 1. The minimum atomic E-state index is -1.46. The number of aryl methyl sites for hydroxylation is 2. The highest BCUT2D eigenvalue weighted by Gasteiger charge is 2.24. The molecule has 0 bridgehead atoms. The number of aromatic nitrogens is 2. The SMILES string of the molecule is Cc1cccc(-n2nc(C)c(C(=O)C(=O)O)c2C)c1C. The molecule has 5 heteroatoms. The van der Waals surface area contributed by atoms with Crippen molar-refractivity contribution >= 4 is 11.8 Å². The molecule has 1 heterocycles. The summed E-state index contributed by atoms with van der Waals surface area (Å²) < 4.78 is 1.63. The van der Waals surface area contributed by atoms with Crippen molar-refractivity contribution in [2.45, 2.75) is 27.7 Å². The van der Waals surface area contributed by atoms with Crippen LogP contribution in [-0.2, 0) is 4.79 Å². The fraction of sp³-hybridized carbons (Fsp3) is 0.267. The smallest absolute Gasteiger partial charge is 0.377 e. The second-order valence-electron chi connectivity index (χ2n) is 4.81. The predicted octanol–water partition coefficient (Wildman–Crippen LogP) is 2.37. The van der Waals surface area contributed by atoms with Crippen molar-refractivity contribution in [3.05, 3.63) is 46.3 Å². The zero-order chi connectivity index (χ0) is 15.0. The number of carbonyl (C=O) groups is 2. The molecule has 5 nitrogen and oxygen atoms in total. The van der Waals surface area contributed by atoms with Gasteiger partial charge in [-0.25, -0.2) is 9.48 Å². The maximum absolute atomic E-state index is 11.7. The van der Waals surface area contributed by atoms with Gasteiger partial charge in [0.05, 0.1) is 22.6 Å². The van der Waals surface area contributed by atoms with E-state index in [9.17, 15) is 9.59 Å². The first-order valence-electron chi connectivity index (χ1n) is 6.25. The lowest BCUT2D eigenvalue weighted by Crippen LogP contribution is -2.14. The average Bonchev–Trinajstić information content (AvgIpc) is 2.67. The molecule has 0 radical (unpaired) electrons. The van der Waals surface area contributed by atoms with Gasteiger partial charge in [-0.1, -0.05) is 12.1 Å². The maximum atomic E-state index is 11.7. The van der Waals surface area contributed by atoms with E-state index in [0.717, 1.165) is 16.8 Å². The molecule has 0 saturated carbocycles. The normalized spacial score (nSPS) is 10.6. The van der Waals surface area contributed by atoms with Gasteiger partial charge in [0.25, 0.3) is 5.78 Å². The van der Waals surface area contributed by atoms with Gasteiger partial charge in [-0.15, -0.1) is 0 Å². The number of carboxylic acid groups (broad SMARTS) is 1. The first kappa shape index (κ1) is 14.0. The number of ketones is 1. The number of hydrogen-bond acceptors (Lipinski definition) is 3. The third-order valence-corrected chi connectivity index (χ3v) is 3.52. The van der Waals surface area contributed by atoms with Crippen LogP contribution in [0.2, 0.25) is 0 Å². The lowest BCUT2D eigenvalue weighted by molar-refractivity contribution is -0.131. The Hall–Kier alpha value is -2.43. The highest BCUT2D eigenvalue weighted by molar-refractivity contribution is 6.40. The van der Waals surface area contributed by atoms with Crippen LogP contribution in [0.25, 0.3) is 5.69 Å². The number of benzene rings is 1. The molecule has 0 aliphatic heterocycles. The number of hydrogen-bond donors (Lipinski definition) is 1. The third-order valence-electron chi connectivity index (χ3n) is 3.52. The Bertz CT molecular complexity index is 714. The van der Waals surface area contributed by atoms with E-state index in [1.54, 1.807) is 18.5 Å². The molecule has 0 spiro atoms. The summed E-state index contributed by atoms with van der Waals surface area (Å²) in [4.78, 5) is 22.6. The third kappa shape index (κ3) is 2.11. The lowest BCUT2D eigenvalue weighted by atomic mass is 10.1. The average molecular weight is 272 g/mol. The molecule has 2 rings (SSSR count). The Labute approximate surface area is 116 Å². The van der Waals surface area contributed by atoms with Crippen LogP contribution in [0, 0.1) is 27.7 Å². The van der Waals surface area contributed by atoms with Crippen molar-refractivity contribution in [2.24, 2.45) is 0 Å². The second-order valence-corrected chi connectivity index (χ2v) is 4.81. The summed E-state index contributed by atoms with van der Waals surface area (Å²) in [5.41, 5.74) is 4.15. The second kappa shape index (κ2) is 4.92. The van der Waals surface area contributed by atoms with Gasteiger partial charge in [-0.3, -0.25) is 4.79 Å². The Morgan fingerprint density at radius 2 is 1.80 bits per heavy atom. The van der Waals surface area contributed by atoms with E-state index in [2.05, 4.69) is 5.10 Å². The summed E-state index contributed by atoms with van der Waals surface area (Å²) in [6.07, 6.45) is 0. The topological polar surface area (TPSA) is 72.2 Å². The van der Waals surface area contributed by atoms with Crippen LogP contribution in [0.5, 0.6) is 0 Å². The van der Waals surface area contributed by atoms with Crippen LogP contribution >= 0.6 is 0 Å². The zero-order valence-electron chi connectivity index (χ0n) is 11.9. The van der Waals surface area contributed by atoms with Gasteiger partial charge >= 0.3 is 5.97 Å². The van der Waals surface area contributed by atoms with Crippen LogP contribution in [-0.4, -0.2) is 26.6 Å². The quantitative estimate of drug-likeness (QED) is 0.687. The molecule has 0 aliphatic carbocycles. The molecule has 104 valence electrons. The summed E-state index contributed by atoms with van der Waals surface area (Å²) in [5.74, 6) is -2.38. The highest BCUT2D eigenvalue weighted by atomic mass is 16.4. The van der Waals surface area contributed by atoms with Crippen molar-refractivity contribution in [3.8, 4) is 5.69 Å². The van der Waals surface area contributed by atoms with Crippen molar-refractivity contribution in [3.63, 3.8) is 0 Å². The summed E-state index contributed by atoms with van der Waals surface area (Å²) in [5, 5.41) is 13.2. The molecule has 0 aliphatic rings. The number of rotatable bonds is 3. The summed E-state index contributed by atoms with van der Waals surface area (Å²) in [6, 6.07) is 5.80. The standard InChI is InChI=1S/C15H16N2O3/c1-8-6-5-7-12(9(8)2)17-11(4)13(10(3)16-17)14(18)15(19)20/h5-7H,1-4H3,(H,19,20). The maximum Gasteiger partial charge on any atom is 0.377 e. The summed E-state index contributed by atoms with van der Waals surface area (Å²) in [7, 11) is 0. The lowest BCUT2D eigenvalue weighted by Gasteiger charge is -2.10. The first-order chi connectivity index (χ1) is 9.34. The molecule has 2 aromatic rings. The predicted molar refractivity (Wildman–Crippen MR) is 74.5 cm³/mol. The molecule has 0 amide bonds. The Balaban J connectivity index is 2.66. The van der Waals surface area contributed by atoms with Crippen LogP contribution < -0.4 is 0 Å². The van der Waals surface area contributed by atoms with E-state index in [0.29, 0.717) is 11.4 Å². The van der Waals surface area contributed by atoms with Gasteiger partial charge in [0.15, 0.2) is 0 Å². The van der Waals surface area contributed by atoms with Crippen LogP contribution in [0.1, 0.15) is 32.9 Å². The minimum absolute atomic E-state index is 0.165. The molecule has 1 aromatic heterocycles. The van der Waals surface area contributed by atoms with Gasteiger partial charge in [-0.05, 0) is 44.9 Å². The van der Waals surface area contributed by atoms with Gasteiger partial charge in [-0.2, -0.15) is 5.10 Å². The van der Waals surface area contributed by atoms with Crippen LogP contribution in [0.4, 0.5) is 0 Å². The molecule has 0 atom stereocenters. The molecule has 0 fully saturated rings. The van der Waals surface area contributed by atoms with E-state index in [1.807, 2.05) is 32.0 Å². The fourth-order valence-electron chi connectivity index (χ4n) is 2.28. The molecular weight excluding hydrogens is 256 g/mol. The van der Waals surface area contributed by atoms with Gasteiger partial charge in [0.2, 0.25) is 0 Å². The fourth-order valence-corrected chi connectivity index (χ4v) is 2.28. The van der Waals surface area contributed by atoms with Crippen molar-refractivity contribution in [2.75, 3.05) is 0 Å². The summed E-state index contributed by atoms with van der Waals surface area (Å²) >= 11 is 0. The van der Waals surface area contributed by atoms with E-state index in [-0.39, 0.29) is 5.56 Å². The molecule has 20 heavy (non-hydrogen) atoms. The minimum Gasteiger partial charge on any atom is -0.475 e. The first-order valence-corrected chi connectivity index (χ1v) is 6.25. The van der Waals surface area contributed by atoms with Crippen LogP contribution in [0.3, 0.4) is 0 Å². The Morgan fingerprint density at radius 1 is 1.15 bits per heavy atom. The van der Waals surface area contributed by atoms with Crippen molar-refractivity contribution in [1.82, 2.24) is 9.78 Å². The van der Waals surface area contributed by atoms with Gasteiger partial charge < -0.3 is 5.11 Å². The molecule has 0 unspecified atom stereocenters. The number of Topliss-reactive ketones (excluding diaryl/α,β-unsaturated/α-hetero) is 1. The molecular formula is C15H16N2O3. The number of carboxylic acids is 1. The molecule has 0 saturated heterocycles. The van der Waals surface area contributed by atoms with Gasteiger partial charge in [0, 0.05) is 0 Å². The highest BCUT2D eigenvalue weighted by Crippen LogP contribution is 2.22. The molecule has 1 N–H and O–H groups in total. The Kier molecular flexibility index (Phi) is 3.44. The van der Waals surface area contributed by atoms with E-state index in [1.165, 1.54) is 0 Å². The molecule has 1 aromatic carbocycles. The Morgan fingerprint density at radius 3 is 2.40 bits per heavy atom. The number of nitrogens with zero attached hydrogens (tertiary/aromatic N) is 2. The van der Waals surface area contributed by atoms with Gasteiger partial charge in [0.1, 0.15) is 0 Å². The zero-order valence-corrected chi connectivity index (χ0v) is 11.9. The summed E-state index contributed by atoms with van der Waals surface area (Å²) in [6.45, 7) is 7.32.